The molecule has 2 nitrogen and oxygen atoms in total. The summed E-state index contributed by atoms with van der Waals surface area (Å²) in [7, 11) is -1.36. The van der Waals surface area contributed by atoms with E-state index in [2.05, 4.69) is 6.58 Å². The fraction of sp³-hybridized carbons (Fsp3) is 0.200. The number of allylic oxidation sites excluding steroid dienone is 1. The Kier molecular flexibility index (Phi) is 1.98. The molecule has 0 bridgehead atoms. The minimum Gasteiger partial charge on any atom is -0.423 e. The third kappa shape index (κ3) is 1.41. The van der Waals surface area contributed by atoms with Crippen LogP contribution >= 0.6 is 0 Å². The van der Waals surface area contributed by atoms with Crippen molar-refractivity contribution >= 4 is 18.2 Å². The van der Waals surface area contributed by atoms with E-state index in [0.717, 1.165) is 18.4 Å². The molecule has 1 aromatic carbocycles. The number of aryl methyl sites for hydroxylation is 1. The number of benzene rings is 1. The van der Waals surface area contributed by atoms with Crippen LogP contribution in [-0.4, -0.2) is 17.2 Å². The molecule has 66 valence electrons. The van der Waals surface area contributed by atoms with Gasteiger partial charge in [-0.05, 0) is 35.0 Å². The second-order valence-corrected chi connectivity index (χ2v) is 3.39. The van der Waals surface area contributed by atoms with Gasteiger partial charge in [0, 0.05) is 0 Å². The van der Waals surface area contributed by atoms with Crippen molar-refractivity contribution in [2.24, 2.45) is 0 Å². The van der Waals surface area contributed by atoms with E-state index in [4.69, 9.17) is 10.0 Å². The van der Waals surface area contributed by atoms with Gasteiger partial charge in [-0.1, -0.05) is 24.8 Å². The molecule has 0 fully saturated rings. The fourth-order valence-electron chi connectivity index (χ4n) is 1.75. The van der Waals surface area contributed by atoms with Gasteiger partial charge in [0.25, 0.3) is 0 Å². The zero-order valence-electron chi connectivity index (χ0n) is 7.33. The van der Waals surface area contributed by atoms with Crippen molar-refractivity contribution in [2.75, 3.05) is 0 Å². The van der Waals surface area contributed by atoms with Crippen LogP contribution in [0.15, 0.2) is 24.8 Å². The lowest BCUT2D eigenvalue weighted by atomic mass is 9.79. The summed E-state index contributed by atoms with van der Waals surface area (Å²) in [5.74, 6) is 0. The first-order valence-corrected chi connectivity index (χ1v) is 4.35. The SMILES string of the molecule is C=C1CCc2cc(B(O)O)ccc21. The first kappa shape index (κ1) is 8.54. The highest BCUT2D eigenvalue weighted by atomic mass is 16.4. The van der Waals surface area contributed by atoms with Crippen molar-refractivity contribution in [1.82, 2.24) is 0 Å². The summed E-state index contributed by atoms with van der Waals surface area (Å²) in [6.45, 7) is 3.95. The molecule has 0 saturated carbocycles. The van der Waals surface area contributed by atoms with Crippen LogP contribution < -0.4 is 5.46 Å². The predicted octanol–water partition coefficient (Wildman–Crippen LogP) is 0.326. The summed E-state index contributed by atoms with van der Waals surface area (Å²) in [5, 5.41) is 17.9. The average Bonchev–Trinajstić information content (AvgIpc) is 2.47. The van der Waals surface area contributed by atoms with Gasteiger partial charge in [-0.25, -0.2) is 0 Å². The normalized spacial score (nSPS) is 14.5. The molecule has 0 saturated heterocycles. The monoisotopic (exact) mass is 174 g/mol. The molecule has 1 aliphatic carbocycles. The van der Waals surface area contributed by atoms with Gasteiger partial charge in [0.15, 0.2) is 0 Å². The van der Waals surface area contributed by atoms with Crippen LogP contribution in [0, 0.1) is 0 Å². The van der Waals surface area contributed by atoms with E-state index in [1.54, 1.807) is 6.07 Å². The van der Waals surface area contributed by atoms with E-state index in [-0.39, 0.29) is 0 Å². The molecule has 1 aliphatic rings. The Bertz CT molecular complexity index is 358. The van der Waals surface area contributed by atoms with Gasteiger partial charge in [0.2, 0.25) is 0 Å². The molecule has 3 heteroatoms. The molecule has 0 atom stereocenters. The Morgan fingerprint density at radius 3 is 2.69 bits per heavy atom. The van der Waals surface area contributed by atoms with Gasteiger partial charge in [-0.15, -0.1) is 0 Å². The number of hydrogen-bond donors (Lipinski definition) is 2. The molecule has 0 amide bonds. The van der Waals surface area contributed by atoms with Crippen LogP contribution in [0.2, 0.25) is 0 Å². The summed E-state index contributed by atoms with van der Waals surface area (Å²) in [5.41, 5.74) is 4.06. The second-order valence-electron chi connectivity index (χ2n) is 3.39. The minimum absolute atomic E-state index is 0.563. The molecule has 13 heavy (non-hydrogen) atoms. The van der Waals surface area contributed by atoms with Gasteiger partial charge in [-0.3, -0.25) is 0 Å². The fourth-order valence-corrected chi connectivity index (χ4v) is 1.75. The highest BCUT2D eigenvalue weighted by Crippen LogP contribution is 2.29. The average molecular weight is 174 g/mol. The Labute approximate surface area is 77.7 Å². The number of fused-ring (bicyclic) bond motifs is 1. The molecule has 2 N–H and O–H groups in total. The summed E-state index contributed by atoms with van der Waals surface area (Å²) < 4.78 is 0. The lowest BCUT2D eigenvalue weighted by molar-refractivity contribution is 0.425. The van der Waals surface area contributed by atoms with Gasteiger partial charge in [0.1, 0.15) is 0 Å². The lowest BCUT2D eigenvalue weighted by Crippen LogP contribution is -2.29. The standard InChI is InChI=1S/C10H11BO2/c1-7-2-3-8-6-9(11(12)13)4-5-10(7)8/h4-6,12-13H,1-3H2. The predicted molar refractivity (Wildman–Crippen MR) is 53.6 cm³/mol. The summed E-state index contributed by atoms with van der Waals surface area (Å²) in [6, 6.07) is 5.50. The van der Waals surface area contributed by atoms with E-state index in [0.29, 0.717) is 5.46 Å². The van der Waals surface area contributed by atoms with Gasteiger partial charge in [-0.2, -0.15) is 0 Å². The molecular formula is C10H11BO2. The third-order valence-corrected chi connectivity index (χ3v) is 2.50. The van der Waals surface area contributed by atoms with Crippen molar-refractivity contribution < 1.29 is 10.0 Å². The molecule has 2 rings (SSSR count). The van der Waals surface area contributed by atoms with Crippen LogP contribution in [0.1, 0.15) is 17.5 Å². The van der Waals surface area contributed by atoms with E-state index < -0.39 is 7.12 Å². The largest absolute Gasteiger partial charge is 0.488 e. The van der Waals surface area contributed by atoms with Crippen molar-refractivity contribution in [3.63, 3.8) is 0 Å². The van der Waals surface area contributed by atoms with Gasteiger partial charge in [0.05, 0.1) is 0 Å². The molecule has 0 aliphatic heterocycles. The minimum atomic E-state index is -1.36. The van der Waals surface area contributed by atoms with Crippen LogP contribution in [0.5, 0.6) is 0 Å². The summed E-state index contributed by atoms with van der Waals surface area (Å²) >= 11 is 0. The molecular weight excluding hydrogens is 163 g/mol. The zero-order valence-corrected chi connectivity index (χ0v) is 7.33. The molecule has 0 aromatic heterocycles. The van der Waals surface area contributed by atoms with Crippen LogP contribution in [-0.2, 0) is 6.42 Å². The van der Waals surface area contributed by atoms with Crippen LogP contribution in [0.25, 0.3) is 5.57 Å². The van der Waals surface area contributed by atoms with Crippen molar-refractivity contribution in [3.8, 4) is 0 Å². The topological polar surface area (TPSA) is 40.5 Å². The Balaban J connectivity index is 2.45. The van der Waals surface area contributed by atoms with E-state index in [9.17, 15) is 0 Å². The third-order valence-electron chi connectivity index (χ3n) is 2.50. The lowest BCUT2D eigenvalue weighted by Gasteiger charge is -2.03. The maximum Gasteiger partial charge on any atom is 0.488 e. The van der Waals surface area contributed by atoms with E-state index >= 15 is 0 Å². The first-order valence-electron chi connectivity index (χ1n) is 4.35. The van der Waals surface area contributed by atoms with Crippen molar-refractivity contribution in [1.29, 1.82) is 0 Å². The Morgan fingerprint density at radius 2 is 2.00 bits per heavy atom. The van der Waals surface area contributed by atoms with Crippen molar-refractivity contribution in [3.05, 3.63) is 35.9 Å². The highest BCUT2D eigenvalue weighted by molar-refractivity contribution is 6.58. The van der Waals surface area contributed by atoms with Crippen LogP contribution in [0.4, 0.5) is 0 Å². The first-order chi connectivity index (χ1) is 6.18. The van der Waals surface area contributed by atoms with Gasteiger partial charge >= 0.3 is 7.12 Å². The van der Waals surface area contributed by atoms with Crippen LogP contribution in [0.3, 0.4) is 0 Å². The second kappa shape index (κ2) is 3.02. The maximum atomic E-state index is 8.95. The quantitative estimate of drug-likeness (QED) is 0.602. The van der Waals surface area contributed by atoms with E-state index in [1.165, 1.54) is 11.1 Å². The molecule has 0 heterocycles. The summed E-state index contributed by atoms with van der Waals surface area (Å²) in [6.07, 6.45) is 1.95. The molecule has 1 aromatic rings. The number of hydrogen-bond acceptors (Lipinski definition) is 2. The molecule has 0 radical (unpaired) electrons. The smallest absolute Gasteiger partial charge is 0.423 e. The zero-order chi connectivity index (χ0) is 9.42. The Morgan fingerprint density at radius 1 is 1.23 bits per heavy atom. The number of rotatable bonds is 1. The maximum absolute atomic E-state index is 8.95. The van der Waals surface area contributed by atoms with Crippen molar-refractivity contribution in [2.45, 2.75) is 12.8 Å². The Hall–Kier alpha value is -1.06. The molecule has 0 spiro atoms. The molecule has 0 unspecified atom stereocenters. The summed E-state index contributed by atoms with van der Waals surface area (Å²) in [4.78, 5) is 0. The highest BCUT2D eigenvalue weighted by Gasteiger charge is 2.18. The van der Waals surface area contributed by atoms with Gasteiger partial charge < -0.3 is 10.0 Å². The van der Waals surface area contributed by atoms with E-state index in [1.807, 2.05) is 12.1 Å².